The molecule has 0 radical (unpaired) electrons. The molecule has 0 heterocycles. The van der Waals surface area contributed by atoms with Crippen LogP contribution in [0.15, 0.2) is 30.3 Å². The number of nitriles is 1. The van der Waals surface area contributed by atoms with Crippen LogP contribution in [0.25, 0.3) is 0 Å². The van der Waals surface area contributed by atoms with Gasteiger partial charge in [-0.3, -0.25) is 5.32 Å². The van der Waals surface area contributed by atoms with Gasteiger partial charge < -0.3 is 4.90 Å². The summed E-state index contributed by atoms with van der Waals surface area (Å²) in [5, 5.41) is 13.2. The van der Waals surface area contributed by atoms with E-state index in [1.165, 1.54) is 12.8 Å². The Labute approximate surface area is 123 Å². The first-order valence-corrected chi connectivity index (χ1v) is 7.66. The Kier molecular flexibility index (Phi) is 7.28. The Balaban J connectivity index is 2.96. The maximum atomic E-state index is 9.79. The highest BCUT2D eigenvalue weighted by molar-refractivity contribution is 5.32. The second-order valence-electron chi connectivity index (χ2n) is 5.14. The predicted octanol–water partition coefficient (Wildman–Crippen LogP) is 3.14. The van der Waals surface area contributed by atoms with Crippen molar-refractivity contribution >= 4 is 0 Å². The van der Waals surface area contributed by atoms with Gasteiger partial charge in [0.05, 0.1) is 6.07 Å². The lowest BCUT2D eigenvalue weighted by Crippen LogP contribution is -2.50. The summed E-state index contributed by atoms with van der Waals surface area (Å²) < 4.78 is 0. The van der Waals surface area contributed by atoms with E-state index in [2.05, 4.69) is 37.1 Å². The van der Waals surface area contributed by atoms with Crippen molar-refractivity contribution in [2.45, 2.75) is 39.2 Å². The van der Waals surface area contributed by atoms with E-state index in [0.29, 0.717) is 0 Å². The summed E-state index contributed by atoms with van der Waals surface area (Å²) in [6.07, 6.45) is 2.36. The SMILES string of the molecule is CCCCN(CC)CC(C#N)(NCC)c1ccccc1. The zero-order chi connectivity index (χ0) is 14.8. The monoisotopic (exact) mass is 273 g/mol. The highest BCUT2D eigenvalue weighted by Crippen LogP contribution is 2.22. The van der Waals surface area contributed by atoms with Crippen LogP contribution in [-0.4, -0.2) is 31.1 Å². The van der Waals surface area contributed by atoms with E-state index in [1.54, 1.807) is 0 Å². The van der Waals surface area contributed by atoms with E-state index in [4.69, 9.17) is 0 Å². The summed E-state index contributed by atoms with van der Waals surface area (Å²) in [7, 11) is 0. The molecule has 3 nitrogen and oxygen atoms in total. The molecule has 20 heavy (non-hydrogen) atoms. The zero-order valence-corrected chi connectivity index (χ0v) is 13.0. The molecule has 1 unspecified atom stereocenters. The van der Waals surface area contributed by atoms with E-state index in [1.807, 2.05) is 30.3 Å². The molecule has 0 aliphatic carbocycles. The molecule has 1 N–H and O–H groups in total. The second-order valence-corrected chi connectivity index (χ2v) is 5.14. The van der Waals surface area contributed by atoms with Gasteiger partial charge in [-0.05, 0) is 31.6 Å². The maximum Gasteiger partial charge on any atom is 0.145 e. The number of hydrogen-bond donors (Lipinski definition) is 1. The molecule has 110 valence electrons. The van der Waals surface area contributed by atoms with Crippen molar-refractivity contribution in [1.82, 2.24) is 10.2 Å². The quantitative estimate of drug-likeness (QED) is 0.751. The normalized spacial score (nSPS) is 13.9. The van der Waals surface area contributed by atoms with E-state index in [-0.39, 0.29) is 0 Å². The third-order valence-corrected chi connectivity index (χ3v) is 3.67. The van der Waals surface area contributed by atoms with Gasteiger partial charge in [-0.25, -0.2) is 0 Å². The van der Waals surface area contributed by atoms with Gasteiger partial charge in [0, 0.05) is 6.54 Å². The van der Waals surface area contributed by atoms with E-state index >= 15 is 0 Å². The molecule has 3 heteroatoms. The predicted molar refractivity (Wildman–Crippen MR) is 84.4 cm³/mol. The Hall–Kier alpha value is -1.37. The fraction of sp³-hybridized carbons (Fsp3) is 0.588. The molecular weight excluding hydrogens is 246 g/mol. The van der Waals surface area contributed by atoms with Crippen LogP contribution in [0.2, 0.25) is 0 Å². The molecule has 0 aliphatic rings. The van der Waals surface area contributed by atoms with Gasteiger partial charge in [-0.15, -0.1) is 0 Å². The molecule has 0 aliphatic heterocycles. The zero-order valence-electron chi connectivity index (χ0n) is 13.0. The van der Waals surface area contributed by atoms with Crippen molar-refractivity contribution in [3.8, 4) is 6.07 Å². The van der Waals surface area contributed by atoms with E-state index in [9.17, 15) is 5.26 Å². The first kappa shape index (κ1) is 16.7. The minimum atomic E-state index is -0.611. The summed E-state index contributed by atoms with van der Waals surface area (Å²) in [6, 6.07) is 12.6. The third kappa shape index (κ3) is 4.33. The van der Waals surface area contributed by atoms with Gasteiger partial charge in [0.15, 0.2) is 0 Å². The molecule has 0 saturated heterocycles. The summed E-state index contributed by atoms with van der Waals surface area (Å²) in [5.41, 5.74) is 0.444. The lowest BCUT2D eigenvalue weighted by atomic mass is 9.90. The molecule has 1 aromatic rings. The van der Waals surface area contributed by atoms with Gasteiger partial charge in [0.25, 0.3) is 0 Å². The Morgan fingerprint density at radius 1 is 1.20 bits per heavy atom. The highest BCUT2D eigenvalue weighted by Gasteiger charge is 2.32. The van der Waals surface area contributed by atoms with Gasteiger partial charge in [0.1, 0.15) is 5.54 Å². The van der Waals surface area contributed by atoms with Crippen LogP contribution in [0.3, 0.4) is 0 Å². The van der Waals surface area contributed by atoms with Crippen molar-refractivity contribution in [1.29, 1.82) is 5.26 Å². The molecule has 0 amide bonds. The summed E-state index contributed by atoms with van der Waals surface area (Å²) in [5.74, 6) is 0. The minimum Gasteiger partial charge on any atom is -0.300 e. The number of nitrogens with zero attached hydrogens (tertiary/aromatic N) is 2. The molecule has 0 spiro atoms. The Morgan fingerprint density at radius 2 is 1.90 bits per heavy atom. The van der Waals surface area contributed by atoms with Crippen LogP contribution in [0.4, 0.5) is 0 Å². The van der Waals surface area contributed by atoms with Crippen molar-refractivity contribution in [2.75, 3.05) is 26.2 Å². The molecule has 1 rings (SSSR count). The summed E-state index contributed by atoms with van der Waals surface area (Å²) in [6.45, 7) is 9.96. The van der Waals surface area contributed by atoms with Gasteiger partial charge in [-0.1, -0.05) is 57.5 Å². The average Bonchev–Trinajstić information content (AvgIpc) is 2.51. The standard InChI is InChI=1S/C17H27N3/c1-4-7-13-20(6-3)15-17(14-18,19-5-2)16-11-9-8-10-12-16/h8-12,19H,4-7,13,15H2,1-3H3. The minimum absolute atomic E-state index is 0.611. The van der Waals surface area contributed by atoms with Crippen LogP contribution in [0, 0.1) is 11.3 Å². The van der Waals surface area contributed by atoms with Crippen LogP contribution in [0.5, 0.6) is 0 Å². The first-order valence-electron chi connectivity index (χ1n) is 7.66. The third-order valence-electron chi connectivity index (χ3n) is 3.67. The summed E-state index contributed by atoms with van der Waals surface area (Å²) >= 11 is 0. The molecule has 0 fully saturated rings. The number of rotatable bonds is 9. The van der Waals surface area contributed by atoms with Gasteiger partial charge in [-0.2, -0.15) is 5.26 Å². The number of hydrogen-bond acceptors (Lipinski definition) is 3. The lowest BCUT2D eigenvalue weighted by Gasteiger charge is -2.34. The smallest absolute Gasteiger partial charge is 0.145 e. The number of likely N-dealkylation sites (N-methyl/N-ethyl adjacent to an activating group) is 2. The van der Waals surface area contributed by atoms with Gasteiger partial charge >= 0.3 is 0 Å². The maximum absolute atomic E-state index is 9.79. The molecule has 1 aromatic carbocycles. The second kappa shape index (κ2) is 8.73. The van der Waals surface area contributed by atoms with Crippen molar-refractivity contribution < 1.29 is 0 Å². The molecular formula is C17H27N3. The highest BCUT2D eigenvalue weighted by atomic mass is 15.2. The molecule has 0 bridgehead atoms. The van der Waals surface area contributed by atoms with E-state index in [0.717, 1.165) is 31.7 Å². The molecule has 0 aromatic heterocycles. The van der Waals surface area contributed by atoms with Gasteiger partial charge in [0.2, 0.25) is 0 Å². The number of benzene rings is 1. The first-order chi connectivity index (χ1) is 9.72. The van der Waals surface area contributed by atoms with E-state index < -0.39 is 5.54 Å². The van der Waals surface area contributed by atoms with Crippen LogP contribution in [0.1, 0.15) is 39.2 Å². The number of nitrogens with one attached hydrogen (secondary N) is 1. The summed E-state index contributed by atoms with van der Waals surface area (Å²) in [4.78, 5) is 2.36. The van der Waals surface area contributed by atoms with Crippen molar-refractivity contribution in [2.24, 2.45) is 0 Å². The Morgan fingerprint density at radius 3 is 2.40 bits per heavy atom. The largest absolute Gasteiger partial charge is 0.300 e. The van der Waals surface area contributed by atoms with Crippen LogP contribution in [-0.2, 0) is 5.54 Å². The molecule has 0 saturated carbocycles. The topological polar surface area (TPSA) is 39.1 Å². The molecule has 1 atom stereocenters. The van der Waals surface area contributed by atoms with Crippen molar-refractivity contribution in [3.63, 3.8) is 0 Å². The lowest BCUT2D eigenvalue weighted by molar-refractivity contribution is 0.218. The fourth-order valence-electron chi connectivity index (χ4n) is 2.48. The fourth-order valence-corrected chi connectivity index (χ4v) is 2.48. The van der Waals surface area contributed by atoms with Crippen LogP contribution >= 0.6 is 0 Å². The Bertz CT molecular complexity index is 410. The number of unbranched alkanes of at least 4 members (excludes halogenated alkanes) is 1. The van der Waals surface area contributed by atoms with Crippen LogP contribution < -0.4 is 5.32 Å². The van der Waals surface area contributed by atoms with Crippen molar-refractivity contribution in [3.05, 3.63) is 35.9 Å². The average molecular weight is 273 g/mol.